The van der Waals surface area contributed by atoms with Crippen LogP contribution in [0.2, 0.25) is 0 Å². The molecule has 0 aliphatic rings. The summed E-state index contributed by atoms with van der Waals surface area (Å²) in [4.78, 5) is 33.6. The van der Waals surface area contributed by atoms with Crippen LogP contribution in [-0.2, 0) is 6.54 Å². The molecule has 0 N–H and O–H groups in total. The number of benzene rings is 2. The molecule has 1 atom stereocenters. The van der Waals surface area contributed by atoms with E-state index in [2.05, 4.69) is 20.8 Å². The number of carbonyl (C=O) groups excluding carboxylic acids is 1. The molecule has 0 radical (unpaired) electrons. The standard InChI is InChI=1S/C26H33N3O2/c1-6-23(24-27-22-11-9-8-10-21(22)26(31)28(24)7-2)29(17-16-18(3)4)25(30)20-14-12-19(5)13-15-20/h8-15,18,23H,6-7,16-17H2,1-5H3. The van der Waals surface area contributed by atoms with Crippen LogP contribution in [0.15, 0.2) is 53.3 Å². The van der Waals surface area contributed by atoms with Gasteiger partial charge in [0.25, 0.3) is 11.5 Å². The van der Waals surface area contributed by atoms with E-state index < -0.39 is 0 Å². The summed E-state index contributed by atoms with van der Waals surface area (Å²) in [5, 5.41) is 0.613. The Labute approximate surface area is 184 Å². The highest BCUT2D eigenvalue weighted by Gasteiger charge is 2.29. The van der Waals surface area contributed by atoms with Crippen molar-refractivity contribution >= 4 is 16.8 Å². The van der Waals surface area contributed by atoms with Gasteiger partial charge in [-0.15, -0.1) is 0 Å². The third kappa shape index (κ3) is 4.87. The van der Waals surface area contributed by atoms with Crippen LogP contribution in [0.5, 0.6) is 0 Å². The molecule has 5 nitrogen and oxygen atoms in total. The first-order valence-electron chi connectivity index (χ1n) is 11.2. The van der Waals surface area contributed by atoms with E-state index in [4.69, 9.17) is 4.98 Å². The second kappa shape index (κ2) is 9.90. The van der Waals surface area contributed by atoms with E-state index in [1.54, 1.807) is 4.57 Å². The van der Waals surface area contributed by atoms with Crippen molar-refractivity contribution in [2.75, 3.05) is 6.54 Å². The third-order valence-corrected chi connectivity index (χ3v) is 5.78. The molecule has 164 valence electrons. The van der Waals surface area contributed by atoms with E-state index in [0.29, 0.717) is 47.7 Å². The fourth-order valence-electron chi connectivity index (χ4n) is 3.95. The van der Waals surface area contributed by atoms with Crippen molar-refractivity contribution in [3.63, 3.8) is 0 Å². The van der Waals surface area contributed by atoms with Crippen LogP contribution in [0.25, 0.3) is 10.9 Å². The maximum Gasteiger partial charge on any atom is 0.261 e. The summed E-state index contributed by atoms with van der Waals surface area (Å²) in [6.07, 6.45) is 1.57. The van der Waals surface area contributed by atoms with Crippen molar-refractivity contribution in [2.24, 2.45) is 5.92 Å². The van der Waals surface area contributed by atoms with Crippen LogP contribution in [0, 0.1) is 12.8 Å². The summed E-state index contributed by atoms with van der Waals surface area (Å²) in [6.45, 7) is 11.5. The Morgan fingerprint density at radius 1 is 1.06 bits per heavy atom. The Morgan fingerprint density at radius 3 is 2.35 bits per heavy atom. The predicted octanol–water partition coefficient (Wildman–Crippen LogP) is 5.36. The van der Waals surface area contributed by atoms with Crippen molar-refractivity contribution in [3.05, 3.63) is 75.8 Å². The molecule has 1 heterocycles. The number of fused-ring (bicyclic) bond motifs is 1. The van der Waals surface area contributed by atoms with Crippen molar-refractivity contribution in [1.82, 2.24) is 14.5 Å². The first-order valence-corrected chi connectivity index (χ1v) is 11.2. The number of para-hydroxylation sites is 1. The number of hydrogen-bond acceptors (Lipinski definition) is 3. The number of amides is 1. The molecule has 5 heteroatoms. The van der Waals surface area contributed by atoms with Gasteiger partial charge in [0.1, 0.15) is 5.82 Å². The zero-order valence-corrected chi connectivity index (χ0v) is 19.3. The first-order chi connectivity index (χ1) is 14.9. The van der Waals surface area contributed by atoms with Gasteiger partial charge in [-0.2, -0.15) is 0 Å². The Hall–Kier alpha value is -2.95. The molecule has 0 fully saturated rings. The lowest BCUT2D eigenvalue weighted by molar-refractivity contribution is 0.0646. The van der Waals surface area contributed by atoms with E-state index in [1.165, 1.54) is 0 Å². The van der Waals surface area contributed by atoms with Crippen molar-refractivity contribution in [1.29, 1.82) is 0 Å². The van der Waals surface area contributed by atoms with Gasteiger partial charge in [0.05, 0.1) is 16.9 Å². The maximum atomic E-state index is 13.6. The van der Waals surface area contributed by atoms with E-state index in [1.807, 2.05) is 67.3 Å². The average Bonchev–Trinajstić information content (AvgIpc) is 2.76. The van der Waals surface area contributed by atoms with Crippen LogP contribution in [0.1, 0.15) is 68.3 Å². The van der Waals surface area contributed by atoms with Crippen LogP contribution in [-0.4, -0.2) is 26.9 Å². The van der Waals surface area contributed by atoms with Crippen molar-refractivity contribution < 1.29 is 4.79 Å². The van der Waals surface area contributed by atoms with E-state index >= 15 is 0 Å². The molecule has 0 bridgehead atoms. The van der Waals surface area contributed by atoms with Crippen LogP contribution < -0.4 is 5.56 Å². The number of nitrogens with zero attached hydrogens (tertiary/aromatic N) is 3. The zero-order chi connectivity index (χ0) is 22.5. The number of hydrogen-bond donors (Lipinski definition) is 0. The Morgan fingerprint density at radius 2 is 1.74 bits per heavy atom. The molecular formula is C26H33N3O2. The van der Waals surface area contributed by atoms with E-state index in [0.717, 1.165) is 12.0 Å². The lowest BCUT2D eigenvalue weighted by Gasteiger charge is -2.33. The minimum atomic E-state index is -0.273. The SMILES string of the molecule is CCC(c1nc2ccccc2c(=O)n1CC)N(CCC(C)C)C(=O)c1ccc(C)cc1. The highest BCUT2D eigenvalue weighted by molar-refractivity contribution is 5.94. The van der Waals surface area contributed by atoms with Gasteiger partial charge in [-0.25, -0.2) is 4.98 Å². The van der Waals surface area contributed by atoms with Crippen molar-refractivity contribution in [2.45, 2.75) is 60.0 Å². The topological polar surface area (TPSA) is 55.2 Å². The molecule has 1 unspecified atom stereocenters. The molecule has 0 aliphatic heterocycles. The summed E-state index contributed by atoms with van der Waals surface area (Å²) in [5.74, 6) is 1.11. The summed E-state index contributed by atoms with van der Waals surface area (Å²) in [7, 11) is 0. The zero-order valence-electron chi connectivity index (χ0n) is 19.3. The Kier molecular flexibility index (Phi) is 7.26. The van der Waals surface area contributed by atoms with Gasteiger partial charge in [-0.1, -0.05) is 50.6 Å². The predicted molar refractivity (Wildman–Crippen MR) is 126 cm³/mol. The molecular weight excluding hydrogens is 386 g/mol. The Bertz CT molecular complexity index is 1100. The number of aryl methyl sites for hydroxylation is 1. The number of rotatable bonds is 8. The quantitative estimate of drug-likeness (QED) is 0.494. The van der Waals surface area contributed by atoms with Crippen LogP contribution in [0.4, 0.5) is 0 Å². The molecule has 1 amide bonds. The average molecular weight is 420 g/mol. The van der Waals surface area contributed by atoms with Crippen LogP contribution in [0.3, 0.4) is 0 Å². The van der Waals surface area contributed by atoms with Gasteiger partial charge in [-0.05, 0) is 56.9 Å². The molecule has 0 spiro atoms. The highest BCUT2D eigenvalue weighted by Crippen LogP contribution is 2.27. The van der Waals surface area contributed by atoms with Gasteiger partial charge in [0.15, 0.2) is 0 Å². The molecule has 0 aliphatic carbocycles. The van der Waals surface area contributed by atoms with Gasteiger partial charge in [0, 0.05) is 18.7 Å². The lowest BCUT2D eigenvalue weighted by Crippen LogP contribution is -2.39. The minimum Gasteiger partial charge on any atom is -0.328 e. The smallest absolute Gasteiger partial charge is 0.261 e. The van der Waals surface area contributed by atoms with Crippen molar-refractivity contribution in [3.8, 4) is 0 Å². The number of aromatic nitrogens is 2. The second-order valence-electron chi connectivity index (χ2n) is 8.51. The molecule has 3 aromatic rings. The van der Waals surface area contributed by atoms with Gasteiger partial charge >= 0.3 is 0 Å². The molecule has 3 rings (SSSR count). The second-order valence-corrected chi connectivity index (χ2v) is 8.51. The summed E-state index contributed by atoms with van der Waals surface area (Å²) in [5.41, 5.74) is 2.41. The molecule has 0 saturated carbocycles. The number of carbonyl (C=O) groups is 1. The summed E-state index contributed by atoms with van der Waals surface area (Å²) >= 11 is 0. The largest absolute Gasteiger partial charge is 0.328 e. The highest BCUT2D eigenvalue weighted by atomic mass is 16.2. The third-order valence-electron chi connectivity index (χ3n) is 5.78. The molecule has 31 heavy (non-hydrogen) atoms. The lowest BCUT2D eigenvalue weighted by atomic mass is 10.0. The van der Waals surface area contributed by atoms with Gasteiger partial charge in [-0.3, -0.25) is 14.2 Å². The first kappa shape index (κ1) is 22.7. The maximum absolute atomic E-state index is 13.6. The molecule has 0 saturated heterocycles. The monoisotopic (exact) mass is 419 g/mol. The minimum absolute atomic E-state index is 0.0161. The Balaban J connectivity index is 2.13. The summed E-state index contributed by atoms with van der Waals surface area (Å²) in [6, 6.07) is 14.9. The molecule has 2 aromatic carbocycles. The van der Waals surface area contributed by atoms with Crippen LogP contribution >= 0.6 is 0 Å². The van der Waals surface area contributed by atoms with Gasteiger partial charge < -0.3 is 4.90 Å². The molecule has 1 aromatic heterocycles. The fourth-order valence-corrected chi connectivity index (χ4v) is 3.95. The van der Waals surface area contributed by atoms with E-state index in [-0.39, 0.29) is 17.5 Å². The summed E-state index contributed by atoms with van der Waals surface area (Å²) < 4.78 is 1.72. The van der Waals surface area contributed by atoms with Gasteiger partial charge in [0.2, 0.25) is 0 Å². The normalized spacial score (nSPS) is 12.3. The fraction of sp³-hybridized carbons (Fsp3) is 0.423. The van der Waals surface area contributed by atoms with E-state index in [9.17, 15) is 9.59 Å².